The van der Waals surface area contributed by atoms with Gasteiger partial charge in [0.25, 0.3) is 6.43 Å². The summed E-state index contributed by atoms with van der Waals surface area (Å²) in [6, 6.07) is 5.24. The first-order chi connectivity index (χ1) is 17.7. The maximum absolute atomic E-state index is 14.9. The average Bonchev–Trinajstić information content (AvgIpc) is 2.88. The summed E-state index contributed by atoms with van der Waals surface area (Å²) in [5.41, 5.74) is 1.85. The molecule has 0 saturated heterocycles. The van der Waals surface area contributed by atoms with Gasteiger partial charge in [0.15, 0.2) is 11.5 Å². The number of anilines is 1. The number of fused-ring (bicyclic) bond motifs is 3. The van der Waals surface area contributed by atoms with Crippen molar-refractivity contribution in [3.05, 3.63) is 58.7 Å². The van der Waals surface area contributed by atoms with Crippen LogP contribution in [0.3, 0.4) is 0 Å². The quantitative estimate of drug-likeness (QED) is 0.480. The van der Waals surface area contributed by atoms with Crippen molar-refractivity contribution in [1.29, 1.82) is 0 Å². The van der Waals surface area contributed by atoms with Crippen LogP contribution in [0.25, 0.3) is 16.5 Å². The van der Waals surface area contributed by atoms with Crippen LogP contribution >= 0.6 is 0 Å². The van der Waals surface area contributed by atoms with Crippen LogP contribution in [0.4, 0.5) is 19.0 Å². The van der Waals surface area contributed by atoms with E-state index in [0.717, 1.165) is 17.2 Å². The van der Waals surface area contributed by atoms with E-state index in [1.807, 2.05) is 12.1 Å². The highest BCUT2D eigenvalue weighted by Gasteiger charge is 2.27. The highest BCUT2D eigenvalue weighted by Crippen LogP contribution is 2.45. The van der Waals surface area contributed by atoms with E-state index >= 15 is 0 Å². The number of hydrogen-bond donors (Lipinski definition) is 1. The van der Waals surface area contributed by atoms with Gasteiger partial charge in [-0.25, -0.2) is 23.1 Å². The molecule has 1 atom stereocenters. The lowest BCUT2D eigenvalue weighted by molar-refractivity contribution is -0.128. The summed E-state index contributed by atoms with van der Waals surface area (Å²) in [7, 11) is 0. The Balaban J connectivity index is 1.61. The van der Waals surface area contributed by atoms with Crippen LogP contribution in [0, 0.1) is 12.7 Å². The largest absolute Gasteiger partial charge is 0.485 e. The normalized spacial score (nSPS) is 16.1. The summed E-state index contributed by atoms with van der Waals surface area (Å²) in [6.07, 6.45) is -0.276. The molecule has 0 saturated carbocycles. The number of amides is 1. The van der Waals surface area contributed by atoms with Gasteiger partial charge < -0.3 is 19.7 Å². The van der Waals surface area contributed by atoms with Crippen molar-refractivity contribution in [2.24, 2.45) is 0 Å². The van der Waals surface area contributed by atoms with E-state index in [9.17, 15) is 18.0 Å². The second-order valence-corrected chi connectivity index (χ2v) is 9.16. The third kappa shape index (κ3) is 4.68. The monoisotopic (exact) mass is 512 g/mol. The molecule has 2 aromatic carbocycles. The fraction of sp³-hybridized carbons (Fsp3) is 0.370. The Labute approximate surface area is 212 Å². The number of nitrogens with one attached hydrogen (secondary N) is 1. The molecule has 3 aromatic rings. The van der Waals surface area contributed by atoms with Crippen molar-refractivity contribution in [3.8, 4) is 11.5 Å². The zero-order valence-electron chi connectivity index (χ0n) is 20.8. The summed E-state index contributed by atoms with van der Waals surface area (Å²) >= 11 is 0. The van der Waals surface area contributed by atoms with Gasteiger partial charge in [-0.2, -0.15) is 0 Å². The first-order valence-corrected chi connectivity index (χ1v) is 12.1. The molecule has 37 heavy (non-hydrogen) atoms. The molecule has 194 valence electrons. The molecule has 2 aliphatic heterocycles. The van der Waals surface area contributed by atoms with E-state index in [1.54, 1.807) is 25.7 Å². The standard InChI is InChI=1S/C27H27F3N4O3/c1-14(18-5-4-6-19(22(18)28)26(29)30)31-27-21-13-20(17-7-9-34(10-8-17)16(3)35)24-25(37-12-11-36-24)23(21)32-15(2)33-27/h4-7,13-14,26H,8-12H2,1-3H3,(H,31,32,33)/t14-/m1/s1. The molecule has 0 unspecified atom stereocenters. The molecule has 1 amide bonds. The molecule has 1 N–H and O–H groups in total. The van der Waals surface area contributed by atoms with Gasteiger partial charge in [0, 0.05) is 36.5 Å². The van der Waals surface area contributed by atoms with Crippen molar-refractivity contribution in [2.75, 3.05) is 31.6 Å². The minimum atomic E-state index is -2.91. The Bertz CT molecular complexity index is 1410. The van der Waals surface area contributed by atoms with Crippen molar-refractivity contribution in [3.63, 3.8) is 0 Å². The minimum Gasteiger partial charge on any atom is -0.485 e. The van der Waals surface area contributed by atoms with E-state index in [-0.39, 0.29) is 11.5 Å². The van der Waals surface area contributed by atoms with Crippen molar-refractivity contribution in [1.82, 2.24) is 14.9 Å². The fourth-order valence-electron chi connectivity index (χ4n) is 4.80. The molecule has 7 nitrogen and oxygen atoms in total. The zero-order chi connectivity index (χ0) is 26.3. The SMILES string of the molecule is CC(=O)N1CC=C(c2cc3c(N[C@H](C)c4cccc(C(F)F)c4F)nc(C)nc3c3c2OCCO3)CC1. The molecule has 1 aromatic heterocycles. The van der Waals surface area contributed by atoms with Gasteiger partial charge >= 0.3 is 0 Å². The number of halogens is 3. The van der Waals surface area contributed by atoms with E-state index in [1.165, 1.54) is 12.1 Å². The molecule has 0 bridgehead atoms. The van der Waals surface area contributed by atoms with Crippen molar-refractivity contribution >= 4 is 28.2 Å². The lowest BCUT2D eigenvalue weighted by atomic mass is 9.95. The Morgan fingerprint density at radius 1 is 1.14 bits per heavy atom. The lowest BCUT2D eigenvalue weighted by Gasteiger charge is -2.28. The number of ether oxygens (including phenoxy) is 2. The third-order valence-electron chi connectivity index (χ3n) is 6.70. The van der Waals surface area contributed by atoms with Crippen molar-refractivity contribution < 1.29 is 27.4 Å². The summed E-state index contributed by atoms with van der Waals surface area (Å²) < 4.78 is 53.5. The Kier molecular flexibility index (Phi) is 6.66. The lowest BCUT2D eigenvalue weighted by Crippen LogP contribution is -2.32. The fourth-order valence-corrected chi connectivity index (χ4v) is 4.80. The van der Waals surface area contributed by atoms with Crippen LogP contribution in [0.5, 0.6) is 11.5 Å². The highest BCUT2D eigenvalue weighted by molar-refractivity contribution is 5.99. The van der Waals surface area contributed by atoms with Gasteiger partial charge in [0.05, 0.1) is 11.6 Å². The number of carbonyl (C=O) groups excluding carboxylic acids is 1. The van der Waals surface area contributed by atoms with E-state index in [0.29, 0.717) is 66.8 Å². The minimum absolute atomic E-state index is 0.0166. The molecule has 0 spiro atoms. The third-order valence-corrected chi connectivity index (χ3v) is 6.70. The summed E-state index contributed by atoms with van der Waals surface area (Å²) in [5, 5.41) is 3.84. The second-order valence-electron chi connectivity index (χ2n) is 9.16. The van der Waals surface area contributed by atoms with E-state index in [4.69, 9.17) is 9.47 Å². The maximum Gasteiger partial charge on any atom is 0.266 e. The molecule has 0 aliphatic carbocycles. The molecule has 0 radical (unpaired) electrons. The number of carbonyl (C=O) groups is 1. The predicted molar refractivity (Wildman–Crippen MR) is 134 cm³/mol. The average molecular weight is 513 g/mol. The van der Waals surface area contributed by atoms with Crippen LogP contribution in [-0.2, 0) is 4.79 Å². The number of nitrogens with zero attached hydrogens (tertiary/aromatic N) is 3. The molecular weight excluding hydrogens is 485 g/mol. The van der Waals surface area contributed by atoms with Crippen LogP contribution in [0.15, 0.2) is 30.3 Å². The van der Waals surface area contributed by atoms with Gasteiger partial charge in [-0.1, -0.05) is 24.3 Å². The second kappa shape index (κ2) is 9.91. The van der Waals surface area contributed by atoms with Gasteiger partial charge in [0.2, 0.25) is 5.91 Å². The summed E-state index contributed by atoms with van der Waals surface area (Å²) in [4.78, 5) is 22.7. The van der Waals surface area contributed by atoms with Gasteiger partial charge in [-0.15, -0.1) is 0 Å². The summed E-state index contributed by atoms with van der Waals surface area (Å²) in [5.74, 6) is 1.06. The van der Waals surface area contributed by atoms with Crippen LogP contribution in [0.1, 0.15) is 55.3 Å². The number of alkyl halides is 2. The molecule has 0 fully saturated rings. The zero-order valence-corrected chi connectivity index (χ0v) is 20.8. The predicted octanol–water partition coefficient (Wildman–Crippen LogP) is 5.59. The molecule has 5 rings (SSSR count). The van der Waals surface area contributed by atoms with Crippen LogP contribution in [0.2, 0.25) is 0 Å². The van der Waals surface area contributed by atoms with E-state index in [2.05, 4.69) is 15.3 Å². The maximum atomic E-state index is 14.9. The Morgan fingerprint density at radius 3 is 2.54 bits per heavy atom. The molecule has 10 heteroatoms. The van der Waals surface area contributed by atoms with Gasteiger partial charge in [-0.05, 0) is 31.9 Å². The van der Waals surface area contributed by atoms with E-state index < -0.39 is 23.8 Å². The van der Waals surface area contributed by atoms with Crippen LogP contribution < -0.4 is 14.8 Å². The van der Waals surface area contributed by atoms with Gasteiger partial charge in [-0.3, -0.25) is 4.79 Å². The number of aryl methyl sites for hydroxylation is 1. The van der Waals surface area contributed by atoms with Crippen LogP contribution in [-0.4, -0.2) is 47.1 Å². The topological polar surface area (TPSA) is 76.6 Å². The number of hydrogen-bond acceptors (Lipinski definition) is 6. The molecular formula is C27H27F3N4O3. The van der Waals surface area contributed by atoms with Crippen molar-refractivity contribution in [2.45, 2.75) is 39.7 Å². The van der Waals surface area contributed by atoms with Gasteiger partial charge in [0.1, 0.15) is 36.2 Å². The Morgan fingerprint density at radius 2 is 1.86 bits per heavy atom. The molecule has 2 aliphatic rings. The number of benzene rings is 2. The Hall–Kier alpha value is -3.82. The number of aromatic nitrogens is 2. The smallest absolute Gasteiger partial charge is 0.266 e. The first-order valence-electron chi connectivity index (χ1n) is 12.1. The highest BCUT2D eigenvalue weighted by atomic mass is 19.3. The summed E-state index contributed by atoms with van der Waals surface area (Å²) in [6.45, 7) is 6.80. The molecule has 3 heterocycles. The first kappa shape index (κ1) is 24.9. The number of rotatable bonds is 5.